The number of piperazine rings is 1. The molecule has 0 radical (unpaired) electrons. The maximum Gasteiger partial charge on any atom is 0.260 e. The van der Waals surface area contributed by atoms with Gasteiger partial charge in [-0.25, -0.2) is 0 Å². The highest BCUT2D eigenvalue weighted by molar-refractivity contribution is 5.97. The van der Waals surface area contributed by atoms with Crippen LogP contribution in [0.3, 0.4) is 0 Å². The van der Waals surface area contributed by atoms with Gasteiger partial charge in [0.05, 0.1) is 0 Å². The summed E-state index contributed by atoms with van der Waals surface area (Å²) in [4.78, 5) is 42.2. The number of hydrogen-bond donors (Lipinski definition) is 1. The molecule has 1 aromatic heterocycles. The summed E-state index contributed by atoms with van der Waals surface area (Å²) in [5, 5.41) is 0. The van der Waals surface area contributed by atoms with Crippen LogP contribution < -0.4 is 5.56 Å². The van der Waals surface area contributed by atoms with Crippen molar-refractivity contribution >= 4 is 11.8 Å². The van der Waals surface area contributed by atoms with Crippen molar-refractivity contribution in [2.75, 3.05) is 19.6 Å². The summed E-state index contributed by atoms with van der Waals surface area (Å²) < 4.78 is 0. The Morgan fingerprint density at radius 2 is 2.10 bits per heavy atom. The normalized spacial score (nSPS) is 19.2. The monoisotopic (exact) mass is 291 g/mol. The number of carbonyl (C=O) groups is 2. The summed E-state index contributed by atoms with van der Waals surface area (Å²) >= 11 is 0. The van der Waals surface area contributed by atoms with Crippen LogP contribution in [-0.2, 0) is 4.79 Å². The van der Waals surface area contributed by atoms with E-state index in [9.17, 15) is 14.4 Å². The Hall–Kier alpha value is -2.11. The highest BCUT2D eigenvalue weighted by Crippen LogP contribution is 2.15. The third kappa shape index (κ3) is 3.15. The minimum absolute atomic E-state index is 0.0596. The van der Waals surface area contributed by atoms with Crippen molar-refractivity contribution in [2.24, 2.45) is 5.92 Å². The quantitative estimate of drug-likeness (QED) is 0.891. The van der Waals surface area contributed by atoms with Crippen LogP contribution in [0.25, 0.3) is 0 Å². The minimum Gasteiger partial charge on any atom is -0.339 e. The maximum atomic E-state index is 12.4. The Bertz CT molecular complexity index is 594. The van der Waals surface area contributed by atoms with Crippen molar-refractivity contribution in [1.82, 2.24) is 14.8 Å². The van der Waals surface area contributed by atoms with Crippen LogP contribution in [0.2, 0.25) is 0 Å². The van der Waals surface area contributed by atoms with Crippen molar-refractivity contribution in [3.05, 3.63) is 34.2 Å². The summed E-state index contributed by atoms with van der Waals surface area (Å²) in [6.07, 6.45) is 1.48. The molecule has 21 heavy (non-hydrogen) atoms. The number of hydrogen-bond acceptors (Lipinski definition) is 3. The number of amides is 2. The lowest BCUT2D eigenvalue weighted by Gasteiger charge is -2.39. The van der Waals surface area contributed by atoms with Gasteiger partial charge >= 0.3 is 0 Å². The molecular weight excluding hydrogens is 270 g/mol. The van der Waals surface area contributed by atoms with E-state index >= 15 is 0 Å². The van der Waals surface area contributed by atoms with E-state index in [1.54, 1.807) is 17.9 Å². The van der Waals surface area contributed by atoms with Gasteiger partial charge in [0.25, 0.3) is 11.5 Å². The predicted molar refractivity (Wildman–Crippen MR) is 79.0 cm³/mol. The van der Waals surface area contributed by atoms with Gasteiger partial charge in [-0.05, 0) is 25.0 Å². The standard InChI is InChI=1S/C15H21N3O3/c1-10(2)9-17-7-8-18(11(3)14(17)20)15(21)12-5-4-6-16-13(12)19/h4-6,10-11H,7-9H2,1-3H3,(H,16,19)/t11-/m1/s1. The third-order valence-electron chi connectivity index (χ3n) is 3.64. The molecule has 2 heterocycles. The first-order valence-corrected chi connectivity index (χ1v) is 7.19. The molecule has 0 aliphatic carbocycles. The molecule has 1 aliphatic heterocycles. The maximum absolute atomic E-state index is 12.4. The third-order valence-corrected chi connectivity index (χ3v) is 3.64. The van der Waals surface area contributed by atoms with Crippen LogP contribution in [-0.4, -0.2) is 52.3 Å². The van der Waals surface area contributed by atoms with Gasteiger partial charge in [-0.2, -0.15) is 0 Å². The van der Waals surface area contributed by atoms with Crippen molar-refractivity contribution in [1.29, 1.82) is 0 Å². The number of H-pyrrole nitrogens is 1. The smallest absolute Gasteiger partial charge is 0.260 e. The molecule has 0 saturated carbocycles. The summed E-state index contributed by atoms with van der Waals surface area (Å²) in [6, 6.07) is 2.55. The molecule has 6 heteroatoms. The van der Waals surface area contributed by atoms with Crippen molar-refractivity contribution in [2.45, 2.75) is 26.8 Å². The summed E-state index contributed by atoms with van der Waals surface area (Å²) in [7, 11) is 0. The number of rotatable bonds is 3. The molecule has 2 amide bonds. The number of nitrogens with one attached hydrogen (secondary N) is 1. The fourth-order valence-electron chi connectivity index (χ4n) is 2.57. The Morgan fingerprint density at radius 1 is 1.38 bits per heavy atom. The first kappa shape index (κ1) is 15.3. The molecule has 1 atom stereocenters. The zero-order valence-electron chi connectivity index (χ0n) is 12.6. The molecule has 6 nitrogen and oxygen atoms in total. The van der Waals surface area contributed by atoms with Gasteiger partial charge in [0, 0.05) is 25.8 Å². The zero-order valence-corrected chi connectivity index (χ0v) is 12.6. The largest absolute Gasteiger partial charge is 0.339 e. The van der Waals surface area contributed by atoms with Crippen molar-refractivity contribution < 1.29 is 9.59 Å². The molecule has 0 spiro atoms. The second-order valence-corrected chi connectivity index (χ2v) is 5.77. The SMILES string of the molecule is CC(C)CN1CCN(C(=O)c2ccc[nH]c2=O)[C@H](C)C1=O. The van der Waals surface area contributed by atoms with Gasteiger partial charge in [-0.3, -0.25) is 14.4 Å². The van der Waals surface area contributed by atoms with E-state index in [4.69, 9.17) is 0 Å². The van der Waals surface area contributed by atoms with Gasteiger partial charge < -0.3 is 14.8 Å². The lowest BCUT2D eigenvalue weighted by Crippen LogP contribution is -2.58. The van der Waals surface area contributed by atoms with Crippen LogP contribution in [0.15, 0.2) is 23.1 Å². The van der Waals surface area contributed by atoms with Crippen LogP contribution in [0.5, 0.6) is 0 Å². The van der Waals surface area contributed by atoms with E-state index in [-0.39, 0.29) is 17.4 Å². The topological polar surface area (TPSA) is 73.5 Å². The fourth-order valence-corrected chi connectivity index (χ4v) is 2.57. The van der Waals surface area contributed by atoms with E-state index in [1.165, 1.54) is 17.2 Å². The second-order valence-electron chi connectivity index (χ2n) is 5.77. The lowest BCUT2D eigenvalue weighted by molar-refractivity contribution is -0.140. The molecular formula is C15H21N3O3. The summed E-state index contributed by atoms with van der Waals surface area (Å²) in [5.74, 6) is -0.0575. The molecule has 1 aromatic rings. The van der Waals surface area contributed by atoms with E-state index < -0.39 is 11.6 Å². The average molecular weight is 291 g/mol. The molecule has 1 fully saturated rings. The number of aromatic nitrogens is 1. The highest BCUT2D eigenvalue weighted by Gasteiger charge is 2.35. The first-order valence-electron chi connectivity index (χ1n) is 7.19. The summed E-state index contributed by atoms with van der Waals surface area (Å²) in [6.45, 7) is 7.48. The van der Waals surface area contributed by atoms with Crippen molar-refractivity contribution in [3.8, 4) is 0 Å². The van der Waals surface area contributed by atoms with Gasteiger partial charge in [0.2, 0.25) is 5.91 Å². The van der Waals surface area contributed by atoms with Gasteiger partial charge in [-0.1, -0.05) is 13.8 Å². The number of carbonyl (C=O) groups excluding carboxylic acids is 2. The van der Waals surface area contributed by atoms with Gasteiger partial charge in [0.1, 0.15) is 11.6 Å². The van der Waals surface area contributed by atoms with E-state index in [1.807, 2.05) is 0 Å². The number of pyridine rings is 1. The Morgan fingerprint density at radius 3 is 2.71 bits per heavy atom. The molecule has 2 rings (SSSR count). The second kappa shape index (κ2) is 6.11. The lowest BCUT2D eigenvalue weighted by atomic mass is 10.1. The zero-order chi connectivity index (χ0) is 15.6. The molecule has 0 unspecified atom stereocenters. The summed E-state index contributed by atoms with van der Waals surface area (Å²) in [5.41, 5.74) is -0.346. The number of nitrogens with zero attached hydrogens (tertiary/aromatic N) is 2. The van der Waals surface area contributed by atoms with Crippen LogP contribution in [0.4, 0.5) is 0 Å². The molecule has 1 aliphatic rings. The molecule has 0 bridgehead atoms. The molecule has 1 N–H and O–H groups in total. The molecule has 1 saturated heterocycles. The Kier molecular flexibility index (Phi) is 4.45. The van der Waals surface area contributed by atoms with Gasteiger partial charge in [-0.15, -0.1) is 0 Å². The van der Waals surface area contributed by atoms with Crippen LogP contribution in [0, 0.1) is 5.92 Å². The number of aromatic amines is 1. The van der Waals surface area contributed by atoms with E-state index in [0.29, 0.717) is 25.6 Å². The van der Waals surface area contributed by atoms with Crippen LogP contribution >= 0.6 is 0 Å². The molecule has 114 valence electrons. The van der Waals surface area contributed by atoms with Gasteiger partial charge in [0.15, 0.2) is 0 Å². The molecule has 0 aromatic carbocycles. The predicted octanol–water partition coefficient (Wildman–Crippen LogP) is 0.704. The van der Waals surface area contributed by atoms with E-state index in [0.717, 1.165) is 0 Å². The average Bonchev–Trinajstić information content (AvgIpc) is 2.43. The van der Waals surface area contributed by atoms with E-state index in [2.05, 4.69) is 18.8 Å². The highest BCUT2D eigenvalue weighted by atomic mass is 16.2. The van der Waals surface area contributed by atoms with Crippen LogP contribution in [0.1, 0.15) is 31.1 Å². The minimum atomic E-state index is -0.537. The Balaban J connectivity index is 2.16. The van der Waals surface area contributed by atoms with Crippen molar-refractivity contribution in [3.63, 3.8) is 0 Å². The first-order chi connectivity index (χ1) is 9.91. The Labute approximate surface area is 123 Å². The fraction of sp³-hybridized carbons (Fsp3) is 0.533.